The van der Waals surface area contributed by atoms with E-state index in [4.69, 9.17) is 5.73 Å². The number of carbonyl (C=O) groups excluding carboxylic acids is 1. The highest BCUT2D eigenvalue weighted by Gasteiger charge is 2.39. The molecule has 0 spiro atoms. The number of carbonyl (C=O) groups is 1. The fourth-order valence-electron chi connectivity index (χ4n) is 4.92. The van der Waals surface area contributed by atoms with Crippen molar-refractivity contribution in [2.45, 2.75) is 82.7 Å². The van der Waals surface area contributed by atoms with Gasteiger partial charge in [0.25, 0.3) is 0 Å². The molecule has 3 heteroatoms. The SMILES string of the molecule is NC1CC2CCCC(C1)C2NC(=O)CCC1CCCC1. The minimum atomic E-state index is 0.300. The standard InChI is InChI=1S/C17H30N2O/c18-15-10-13-6-3-7-14(11-15)17(13)19-16(20)9-8-12-4-1-2-5-12/h12-15,17H,1-11,18H2,(H,19,20). The molecule has 114 valence electrons. The molecule has 2 bridgehead atoms. The predicted octanol–water partition coefficient (Wildman–Crippen LogP) is 2.98. The van der Waals surface area contributed by atoms with E-state index in [1.54, 1.807) is 0 Å². The lowest BCUT2D eigenvalue weighted by molar-refractivity contribution is -0.123. The summed E-state index contributed by atoms with van der Waals surface area (Å²) in [4.78, 5) is 12.2. The zero-order valence-electron chi connectivity index (χ0n) is 12.7. The maximum Gasteiger partial charge on any atom is 0.220 e. The molecule has 3 N–H and O–H groups in total. The van der Waals surface area contributed by atoms with Gasteiger partial charge in [0.2, 0.25) is 5.91 Å². The molecule has 0 aromatic rings. The minimum absolute atomic E-state index is 0.300. The Morgan fingerprint density at radius 1 is 1.00 bits per heavy atom. The van der Waals surface area contributed by atoms with Gasteiger partial charge in [0.1, 0.15) is 0 Å². The van der Waals surface area contributed by atoms with Gasteiger partial charge in [-0.3, -0.25) is 4.79 Å². The molecular formula is C17H30N2O. The molecule has 20 heavy (non-hydrogen) atoms. The van der Waals surface area contributed by atoms with Gasteiger partial charge >= 0.3 is 0 Å². The van der Waals surface area contributed by atoms with Crippen molar-refractivity contribution >= 4 is 5.91 Å². The van der Waals surface area contributed by atoms with E-state index in [0.29, 0.717) is 29.8 Å². The van der Waals surface area contributed by atoms with Crippen molar-refractivity contribution in [1.29, 1.82) is 0 Å². The molecule has 0 saturated heterocycles. The van der Waals surface area contributed by atoms with E-state index >= 15 is 0 Å². The number of amides is 1. The minimum Gasteiger partial charge on any atom is -0.353 e. The van der Waals surface area contributed by atoms with Crippen LogP contribution < -0.4 is 11.1 Å². The van der Waals surface area contributed by atoms with Crippen LogP contribution in [0.2, 0.25) is 0 Å². The van der Waals surface area contributed by atoms with Crippen LogP contribution in [0.5, 0.6) is 0 Å². The summed E-state index contributed by atoms with van der Waals surface area (Å²) in [5.41, 5.74) is 6.15. The predicted molar refractivity (Wildman–Crippen MR) is 81.2 cm³/mol. The number of nitrogens with two attached hydrogens (primary N) is 1. The quantitative estimate of drug-likeness (QED) is 0.830. The summed E-state index contributed by atoms with van der Waals surface area (Å²) in [5.74, 6) is 2.41. The van der Waals surface area contributed by atoms with E-state index in [2.05, 4.69) is 5.32 Å². The van der Waals surface area contributed by atoms with Crippen LogP contribution in [0, 0.1) is 17.8 Å². The molecule has 0 heterocycles. The Balaban J connectivity index is 1.47. The van der Waals surface area contributed by atoms with E-state index < -0.39 is 0 Å². The molecule has 0 aromatic carbocycles. The zero-order valence-corrected chi connectivity index (χ0v) is 12.7. The third-order valence-corrected chi connectivity index (χ3v) is 5.96. The van der Waals surface area contributed by atoms with Crippen LogP contribution in [0.4, 0.5) is 0 Å². The van der Waals surface area contributed by atoms with Crippen molar-refractivity contribution in [2.75, 3.05) is 0 Å². The van der Waals surface area contributed by atoms with E-state index in [1.807, 2.05) is 0 Å². The lowest BCUT2D eigenvalue weighted by atomic mass is 9.67. The number of fused-ring (bicyclic) bond motifs is 2. The highest BCUT2D eigenvalue weighted by atomic mass is 16.1. The van der Waals surface area contributed by atoms with Crippen molar-refractivity contribution in [3.63, 3.8) is 0 Å². The Hall–Kier alpha value is -0.570. The van der Waals surface area contributed by atoms with Crippen LogP contribution in [0.15, 0.2) is 0 Å². The molecule has 0 aliphatic heterocycles. The fraction of sp³-hybridized carbons (Fsp3) is 0.941. The third-order valence-electron chi connectivity index (χ3n) is 5.96. The topological polar surface area (TPSA) is 55.1 Å². The maximum absolute atomic E-state index is 12.2. The molecule has 1 amide bonds. The summed E-state index contributed by atoms with van der Waals surface area (Å²) >= 11 is 0. The van der Waals surface area contributed by atoms with Crippen LogP contribution in [0.25, 0.3) is 0 Å². The molecule has 3 saturated carbocycles. The van der Waals surface area contributed by atoms with Crippen LogP contribution in [-0.2, 0) is 4.79 Å². The first kappa shape index (κ1) is 14.4. The molecule has 0 aromatic heterocycles. The molecule has 3 fully saturated rings. The summed E-state index contributed by atoms with van der Waals surface area (Å²) < 4.78 is 0. The van der Waals surface area contributed by atoms with Crippen molar-refractivity contribution in [2.24, 2.45) is 23.5 Å². The lowest BCUT2D eigenvalue weighted by Gasteiger charge is -2.45. The second kappa shape index (κ2) is 6.46. The van der Waals surface area contributed by atoms with Gasteiger partial charge in [-0.2, -0.15) is 0 Å². The van der Waals surface area contributed by atoms with Crippen molar-refractivity contribution in [3.8, 4) is 0 Å². The van der Waals surface area contributed by atoms with Gasteiger partial charge in [-0.1, -0.05) is 32.1 Å². The largest absolute Gasteiger partial charge is 0.353 e. The molecule has 3 nitrogen and oxygen atoms in total. The van der Waals surface area contributed by atoms with E-state index in [1.165, 1.54) is 44.9 Å². The van der Waals surface area contributed by atoms with Gasteiger partial charge in [-0.15, -0.1) is 0 Å². The smallest absolute Gasteiger partial charge is 0.220 e. The Morgan fingerprint density at radius 2 is 1.65 bits per heavy atom. The molecule has 3 aliphatic carbocycles. The summed E-state index contributed by atoms with van der Waals surface area (Å²) in [6.45, 7) is 0. The molecular weight excluding hydrogens is 248 g/mol. The average Bonchev–Trinajstić information content (AvgIpc) is 2.91. The fourth-order valence-corrected chi connectivity index (χ4v) is 4.92. The zero-order chi connectivity index (χ0) is 13.9. The first-order valence-corrected chi connectivity index (χ1v) is 8.77. The molecule has 2 atom stereocenters. The first-order valence-electron chi connectivity index (χ1n) is 8.77. The number of nitrogens with one attached hydrogen (secondary N) is 1. The van der Waals surface area contributed by atoms with Crippen LogP contribution in [0.1, 0.15) is 70.6 Å². The Kier molecular flexibility index (Phi) is 4.65. The van der Waals surface area contributed by atoms with Gasteiger partial charge in [0.05, 0.1) is 0 Å². The van der Waals surface area contributed by atoms with Gasteiger partial charge in [-0.05, 0) is 49.9 Å². The van der Waals surface area contributed by atoms with E-state index in [9.17, 15) is 4.79 Å². The third kappa shape index (κ3) is 3.36. The van der Waals surface area contributed by atoms with Crippen LogP contribution >= 0.6 is 0 Å². The van der Waals surface area contributed by atoms with Crippen molar-refractivity contribution in [1.82, 2.24) is 5.32 Å². The number of hydrogen-bond acceptors (Lipinski definition) is 2. The molecule has 0 radical (unpaired) electrons. The van der Waals surface area contributed by atoms with Gasteiger partial charge in [0, 0.05) is 18.5 Å². The Labute approximate surface area is 123 Å². The average molecular weight is 278 g/mol. The summed E-state index contributed by atoms with van der Waals surface area (Å²) in [7, 11) is 0. The molecule has 2 unspecified atom stereocenters. The lowest BCUT2D eigenvalue weighted by Crippen LogP contribution is -2.53. The monoisotopic (exact) mass is 278 g/mol. The second-order valence-corrected chi connectivity index (χ2v) is 7.47. The maximum atomic E-state index is 12.2. The summed E-state index contributed by atoms with van der Waals surface area (Å²) in [6.07, 6.45) is 13.4. The number of hydrogen-bond donors (Lipinski definition) is 2. The van der Waals surface area contributed by atoms with Gasteiger partial charge < -0.3 is 11.1 Å². The van der Waals surface area contributed by atoms with Gasteiger partial charge in [0.15, 0.2) is 0 Å². The van der Waals surface area contributed by atoms with Crippen LogP contribution in [-0.4, -0.2) is 18.0 Å². The normalized spacial score (nSPS) is 37.9. The Bertz CT molecular complexity index is 324. The molecule has 3 rings (SSSR count). The number of rotatable bonds is 4. The molecule has 3 aliphatic rings. The summed E-state index contributed by atoms with van der Waals surface area (Å²) in [5, 5.41) is 3.37. The van der Waals surface area contributed by atoms with Gasteiger partial charge in [-0.25, -0.2) is 0 Å². The second-order valence-electron chi connectivity index (χ2n) is 7.47. The Morgan fingerprint density at radius 3 is 2.30 bits per heavy atom. The van der Waals surface area contributed by atoms with Crippen molar-refractivity contribution < 1.29 is 4.79 Å². The highest BCUT2D eigenvalue weighted by Crippen LogP contribution is 2.39. The van der Waals surface area contributed by atoms with Crippen LogP contribution in [0.3, 0.4) is 0 Å². The first-order chi connectivity index (χ1) is 9.72. The summed E-state index contributed by atoms with van der Waals surface area (Å²) in [6, 6.07) is 0.802. The van der Waals surface area contributed by atoms with E-state index in [-0.39, 0.29) is 0 Å². The highest BCUT2D eigenvalue weighted by molar-refractivity contribution is 5.76. The van der Waals surface area contributed by atoms with E-state index in [0.717, 1.165) is 31.6 Å². The van der Waals surface area contributed by atoms with Crippen molar-refractivity contribution in [3.05, 3.63) is 0 Å².